The molecule has 1 heterocycles. The zero-order valence-corrected chi connectivity index (χ0v) is 8.32. The lowest BCUT2D eigenvalue weighted by atomic mass is 10.1. The Morgan fingerprint density at radius 2 is 2.21 bits per heavy atom. The summed E-state index contributed by atoms with van der Waals surface area (Å²) in [7, 11) is 0. The minimum Gasteiger partial charge on any atom is -0.394 e. The zero-order chi connectivity index (χ0) is 9.97. The van der Waals surface area contributed by atoms with Crippen LogP contribution in [-0.4, -0.2) is 21.5 Å². The monoisotopic (exact) mass is 195 g/mol. The Hall–Kier alpha value is -1.03. The second kappa shape index (κ2) is 4.00. The SMILES string of the molecule is Nc1cc(C2CCCC2)nn1CCO. The Morgan fingerprint density at radius 1 is 1.50 bits per heavy atom. The Labute approximate surface area is 83.7 Å². The summed E-state index contributed by atoms with van der Waals surface area (Å²) in [6.07, 6.45) is 5.07. The van der Waals surface area contributed by atoms with Crippen LogP contribution in [0.4, 0.5) is 5.82 Å². The number of nitrogens with two attached hydrogens (primary N) is 1. The van der Waals surface area contributed by atoms with Gasteiger partial charge in [0, 0.05) is 12.0 Å². The van der Waals surface area contributed by atoms with Crippen LogP contribution in [0.5, 0.6) is 0 Å². The van der Waals surface area contributed by atoms with Crippen molar-refractivity contribution in [2.75, 3.05) is 12.3 Å². The summed E-state index contributed by atoms with van der Waals surface area (Å²) in [5, 5.41) is 13.2. The van der Waals surface area contributed by atoms with Crippen LogP contribution in [-0.2, 0) is 6.54 Å². The van der Waals surface area contributed by atoms with Crippen LogP contribution in [0.15, 0.2) is 6.07 Å². The summed E-state index contributed by atoms with van der Waals surface area (Å²) in [5.41, 5.74) is 6.89. The van der Waals surface area contributed by atoms with Crippen LogP contribution in [0, 0.1) is 0 Å². The highest BCUT2D eigenvalue weighted by Crippen LogP contribution is 2.33. The highest BCUT2D eigenvalue weighted by molar-refractivity contribution is 5.32. The molecule has 0 radical (unpaired) electrons. The smallest absolute Gasteiger partial charge is 0.122 e. The third kappa shape index (κ3) is 1.75. The summed E-state index contributed by atoms with van der Waals surface area (Å²) in [6, 6.07) is 1.95. The average Bonchev–Trinajstić information content (AvgIpc) is 2.76. The first kappa shape index (κ1) is 9.52. The minimum absolute atomic E-state index is 0.0932. The molecule has 1 aromatic rings. The van der Waals surface area contributed by atoms with Gasteiger partial charge in [0.1, 0.15) is 5.82 Å². The van der Waals surface area contributed by atoms with E-state index in [1.807, 2.05) is 6.07 Å². The van der Waals surface area contributed by atoms with Crippen molar-refractivity contribution in [3.05, 3.63) is 11.8 Å². The fraction of sp³-hybridized carbons (Fsp3) is 0.700. The Morgan fingerprint density at radius 3 is 2.86 bits per heavy atom. The van der Waals surface area contributed by atoms with Gasteiger partial charge in [-0.25, -0.2) is 4.68 Å². The van der Waals surface area contributed by atoms with Crippen LogP contribution in [0.1, 0.15) is 37.3 Å². The van der Waals surface area contributed by atoms with E-state index in [0.717, 1.165) is 5.69 Å². The van der Waals surface area contributed by atoms with Gasteiger partial charge in [0.05, 0.1) is 18.8 Å². The van der Waals surface area contributed by atoms with Gasteiger partial charge in [-0.2, -0.15) is 5.10 Å². The van der Waals surface area contributed by atoms with Crippen molar-refractivity contribution in [2.24, 2.45) is 0 Å². The van der Waals surface area contributed by atoms with Gasteiger partial charge in [-0.15, -0.1) is 0 Å². The Kier molecular flexibility index (Phi) is 2.72. The van der Waals surface area contributed by atoms with E-state index in [9.17, 15) is 0 Å². The number of nitrogen functional groups attached to an aromatic ring is 1. The molecule has 0 aromatic carbocycles. The van der Waals surface area contributed by atoms with Gasteiger partial charge in [-0.1, -0.05) is 12.8 Å². The zero-order valence-electron chi connectivity index (χ0n) is 8.32. The fourth-order valence-corrected chi connectivity index (χ4v) is 2.15. The molecule has 4 nitrogen and oxygen atoms in total. The minimum atomic E-state index is 0.0932. The van der Waals surface area contributed by atoms with Crippen molar-refractivity contribution in [1.82, 2.24) is 9.78 Å². The number of rotatable bonds is 3. The molecule has 0 spiro atoms. The van der Waals surface area contributed by atoms with Gasteiger partial charge in [0.25, 0.3) is 0 Å². The maximum absolute atomic E-state index is 8.80. The van der Waals surface area contributed by atoms with Crippen molar-refractivity contribution in [3.8, 4) is 0 Å². The average molecular weight is 195 g/mol. The van der Waals surface area contributed by atoms with Crippen molar-refractivity contribution in [1.29, 1.82) is 0 Å². The third-order valence-electron chi connectivity index (χ3n) is 2.92. The Balaban J connectivity index is 2.14. The second-order valence-electron chi connectivity index (χ2n) is 3.92. The number of anilines is 1. The standard InChI is InChI=1S/C10H17N3O/c11-10-7-9(8-3-1-2-4-8)12-13(10)5-6-14/h7-8,14H,1-6,11H2. The lowest BCUT2D eigenvalue weighted by Gasteiger charge is -2.03. The highest BCUT2D eigenvalue weighted by Gasteiger charge is 2.20. The normalized spacial score (nSPS) is 17.8. The van der Waals surface area contributed by atoms with Crippen molar-refractivity contribution < 1.29 is 5.11 Å². The van der Waals surface area contributed by atoms with E-state index in [4.69, 9.17) is 10.8 Å². The first-order valence-corrected chi connectivity index (χ1v) is 5.25. The number of hydrogen-bond acceptors (Lipinski definition) is 3. The van der Waals surface area contributed by atoms with Crippen molar-refractivity contribution >= 4 is 5.82 Å². The maximum Gasteiger partial charge on any atom is 0.122 e. The van der Waals surface area contributed by atoms with Crippen LogP contribution < -0.4 is 5.73 Å². The molecule has 3 N–H and O–H groups in total. The molecule has 0 saturated heterocycles. The molecule has 0 amide bonds. The fourth-order valence-electron chi connectivity index (χ4n) is 2.15. The largest absolute Gasteiger partial charge is 0.394 e. The summed E-state index contributed by atoms with van der Waals surface area (Å²) >= 11 is 0. The van der Waals surface area contributed by atoms with Crippen molar-refractivity contribution in [2.45, 2.75) is 38.1 Å². The van der Waals surface area contributed by atoms with E-state index in [-0.39, 0.29) is 6.61 Å². The topological polar surface area (TPSA) is 64.1 Å². The van der Waals surface area contributed by atoms with Gasteiger partial charge < -0.3 is 10.8 Å². The molecule has 4 heteroatoms. The lowest BCUT2D eigenvalue weighted by Crippen LogP contribution is -2.08. The quantitative estimate of drug-likeness (QED) is 0.759. The summed E-state index contributed by atoms with van der Waals surface area (Å²) in [5.74, 6) is 1.26. The molecule has 1 saturated carbocycles. The van der Waals surface area contributed by atoms with E-state index in [1.54, 1.807) is 4.68 Å². The number of aliphatic hydroxyl groups excluding tert-OH is 1. The van der Waals surface area contributed by atoms with E-state index < -0.39 is 0 Å². The van der Waals surface area contributed by atoms with Crippen LogP contribution in [0.3, 0.4) is 0 Å². The third-order valence-corrected chi connectivity index (χ3v) is 2.92. The highest BCUT2D eigenvalue weighted by atomic mass is 16.3. The van der Waals surface area contributed by atoms with Crippen LogP contribution in [0.2, 0.25) is 0 Å². The lowest BCUT2D eigenvalue weighted by molar-refractivity contribution is 0.270. The molecule has 0 atom stereocenters. The maximum atomic E-state index is 8.80. The van der Waals surface area contributed by atoms with E-state index in [0.29, 0.717) is 18.3 Å². The summed E-state index contributed by atoms with van der Waals surface area (Å²) in [4.78, 5) is 0. The van der Waals surface area contributed by atoms with E-state index in [2.05, 4.69) is 5.10 Å². The summed E-state index contributed by atoms with van der Waals surface area (Å²) in [6.45, 7) is 0.592. The molecular formula is C10H17N3O. The predicted octanol–water partition coefficient (Wildman–Crippen LogP) is 1.12. The molecule has 1 aliphatic carbocycles. The number of nitrogens with zero attached hydrogens (tertiary/aromatic N) is 2. The molecule has 1 fully saturated rings. The predicted molar refractivity (Wildman–Crippen MR) is 54.9 cm³/mol. The first-order valence-electron chi connectivity index (χ1n) is 5.25. The summed E-state index contributed by atoms with van der Waals surface area (Å²) < 4.78 is 1.69. The first-order chi connectivity index (χ1) is 6.81. The number of hydrogen-bond donors (Lipinski definition) is 2. The molecular weight excluding hydrogens is 178 g/mol. The van der Waals surface area contributed by atoms with Gasteiger partial charge in [0.15, 0.2) is 0 Å². The van der Waals surface area contributed by atoms with E-state index in [1.165, 1.54) is 25.7 Å². The van der Waals surface area contributed by atoms with E-state index >= 15 is 0 Å². The molecule has 0 unspecified atom stereocenters. The van der Waals surface area contributed by atoms with Gasteiger partial charge >= 0.3 is 0 Å². The Bertz CT molecular complexity index is 302. The van der Waals surface area contributed by atoms with Gasteiger partial charge in [-0.3, -0.25) is 0 Å². The molecule has 0 aliphatic heterocycles. The second-order valence-corrected chi connectivity index (χ2v) is 3.92. The molecule has 1 aromatic heterocycles. The molecule has 0 bridgehead atoms. The molecule has 2 rings (SSSR count). The molecule has 78 valence electrons. The van der Waals surface area contributed by atoms with Gasteiger partial charge in [-0.05, 0) is 12.8 Å². The molecule has 14 heavy (non-hydrogen) atoms. The molecule has 1 aliphatic rings. The van der Waals surface area contributed by atoms with Gasteiger partial charge in [0.2, 0.25) is 0 Å². The number of aromatic nitrogens is 2. The van der Waals surface area contributed by atoms with Crippen molar-refractivity contribution in [3.63, 3.8) is 0 Å². The number of aliphatic hydroxyl groups is 1. The van der Waals surface area contributed by atoms with Crippen LogP contribution in [0.25, 0.3) is 0 Å². The van der Waals surface area contributed by atoms with Crippen LogP contribution >= 0.6 is 0 Å².